The van der Waals surface area contributed by atoms with Gasteiger partial charge in [0.05, 0.1) is 26.5 Å². The number of carbonyl (C=O) groups excluding carboxylic acids is 4. The molecule has 3 amide bonds. The maximum atomic E-state index is 12.3. The molecule has 1 heterocycles. The van der Waals surface area contributed by atoms with Gasteiger partial charge in [-0.1, -0.05) is 18.2 Å². The number of amides is 3. The van der Waals surface area contributed by atoms with Gasteiger partial charge in [-0.2, -0.15) is 0 Å². The molecule has 2 rings (SSSR count). The normalized spacial score (nSPS) is 18.8. The van der Waals surface area contributed by atoms with Crippen molar-refractivity contribution >= 4 is 29.5 Å². The summed E-state index contributed by atoms with van der Waals surface area (Å²) in [6.07, 6.45) is 3.46. The van der Waals surface area contributed by atoms with Crippen LogP contribution in [0.3, 0.4) is 0 Å². The molecular formula is C25H33N3O8. The summed E-state index contributed by atoms with van der Waals surface area (Å²) in [5.74, 6) is -1.20. The Morgan fingerprint density at radius 3 is 2.64 bits per heavy atom. The van der Waals surface area contributed by atoms with E-state index in [0.717, 1.165) is 6.26 Å². The molecule has 1 unspecified atom stereocenters. The van der Waals surface area contributed by atoms with Crippen LogP contribution in [-0.4, -0.2) is 67.4 Å². The lowest BCUT2D eigenvalue weighted by Gasteiger charge is -2.20. The highest BCUT2D eigenvalue weighted by Crippen LogP contribution is 2.29. The molecule has 1 aromatic rings. The van der Waals surface area contributed by atoms with Crippen molar-refractivity contribution in [2.75, 3.05) is 26.8 Å². The van der Waals surface area contributed by atoms with Crippen LogP contribution in [0.15, 0.2) is 36.6 Å². The molecule has 1 atom stereocenters. The van der Waals surface area contributed by atoms with Crippen LogP contribution < -0.4 is 20.7 Å². The zero-order valence-electron chi connectivity index (χ0n) is 20.9. The smallest absolute Gasteiger partial charge is 0.407 e. The number of rotatable bonds is 5. The van der Waals surface area contributed by atoms with E-state index in [4.69, 9.17) is 14.2 Å². The highest BCUT2D eigenvalue weighted by atomic mass is 16.6. The van der Waals surface area contributed by atoms with Crippen LogP contribution in [0.2, 0.25) is 0 Å². The number of esters is 1. The van der Waals surface area contributed by atoms with Crippen molar-refractivity contribution < 1.29 is 38.5 Å². The van der Waals surface area contributed by atoms with Crippen molar-refractivity contribution in [2.45, 2.75) is 45.3 Å². The van der Waals surface area contributed by atoms with E-state index in [-0.39, 0.29) is 32.5 Å². The van der Waals surface area contributed by atoms with Crippen molar-refractivity contribution in [1.82, 2.24) is 16.0 Å². The van der Waals surface area contributed by atoms with Crippen LogP contribution in [0.5, 0.6) is 5.75 Å². The largest absolute Gasteiger partial charge is 0.515 e. The van der Waals surface area contributed by atoms with Crippen molar-refractivity contribution in [1.29, 1.82) is 0 Å². The number of hydrogen-bond donors (Lipinski definition) is 4. The molecule has 1 aliphatic heterocycles. The van der Waals surface area contributed by atoms with Crippen LogP contribution >= 0.6 is 0 Å². The lowest BCUT2D eigenvalue weighted by atomic mass is 9.98. The number of allylic oxidation sites excluding steroid dienone is 2. The summed E-state index contributed by atoms with van der Waals surface area (Å²) in [6, 6.07) is 4.09. The summed E-state index contributed by atoms with van der Waals surface area (Å²) < 4.78 is 15.8. The van der Waals surface area contributed by atoms with Gasteiger partial charge in [-0.15, -0.1) is 0 Å². The fourth-order valence-corrected chi connectivity index (χ4v) is 3.25. The van der Waals surface area contributed by atoms with Gasteiger partial charge in [0, 0.05) is 24.0 Å². The van der Waals surface area contributed by atoms with Gasteiger partial charge in [-0.05, 0) is 38.5 Å². The Bertz CT molecular complexity index is 1030. The van der Waals surface area contributed by atoms with E-state index in [1.807, 2.05) is 0 Å². The third-order valence-electron chi connectivity index (χ3n) is 4.83. The molecule has 0 saturated heterocycles. The van der Waals surface area contributed by atoms with Crippen LogP contribution in [0.25, 0.3) is 5.57 Å². The molecule has 0 aromatic heterocycles. The first kappa shape index (κ1) is 28.2. The first-order chi connectivity index (χ1) is 17.0. The number of ether oxygens (including phenoxy) is 3. The number of fused-ring (bicyclic) bond motifs is 2. The van der Waals surface area contributed by atoms with Gasteiger partial charge < -0.3 is 35.3 Å². The molecule has 0 saturated carbocycles. The van der Waals surface area contributed by atoms with Gasteiger partial charge >= 0.3 is 12.1 Å². The third kappa shape index (κ3) is 9.32. The highest BCUT2D eigenvalue weighted by Gasteiger charge is 2.23. The van der Waals surface area contributed by atoms with Crippen LogP contribution in [0.1, 0.15) is 38.3 Å². The molecule has 11 heteroatoms. The molecule has 2 bridgehead atoms. The molecule has 1 aromatic carbocycles. The van der Waals surface area contributed by atoms with Gasteiger partial charge in [-0.3, -0.25) is 9.59 Å². The molecule has 1 aliphatic rings. The number of carbonyl (C=O) groups is 4. The number of aliphatic hydroxyl groups excluding tert-OH is 1. The summed E-state index contributed by atoms with van der Waals surface area (Å²) in [6.45, 7) is 5.26. The van der Waals surface area contributed by atoms with E-state index >= 15 is 0 Å². The van der Waals surface area contributed by atoms with Crippen molar-refractivity contribution in [3.8, 4) is 5.75 Å². The molecule has 36 heavy (non-hydrogen) atoms. The molecule has 196 valence electrons. The minimum absolute atomic E-state index is 0.0409. The van der Waals surface area contributed by atoms with Crippen molar-refractivity contribution in [2.24, 2.45) is 0 Å². The number of hydrogen-bond acceptors (Lipinski definition) is 8. The van der Waals surface area contributed by atoms with Crippen LogP contribution in [0.4, 0.5) is 4.79 Å². The summed E-state index contributed by atoms with van der Waals surface area (Å²) >= 11 is 0. The molecule has 0 aliphatic carbocycles. The SMILES string of the molecule is COC(=O)C1Cc2ccc(OCCNC(=O)OC(C)(C)C)c(c2)C(=C\O)/C=C/CC(=O)NCC(=O)N1. The van der Waals surface area contributed by atoms with E-state index in [1.165, 1.54) is 7.11 Å². The van der Waals surface area contributed by atoms with E-state index < -0.39 is 35.5 Å². The fraction of sp³-hybridized carbons (Fsp3) is 0.440. The Labute approximate surface area is 209 Å². The number of aliphatic hydroxyl groups is 1. The Kier molecular flexibility index (Phi) is 10.3. The van der Waals surface area contributed by atoms with Gasteiger partial charge in [0.25, 0.3) is 0 Å². The lowest BCUT2D eigenvalue weighted by molar-refractivity contribution is -0.145. The number of benzene rings is 1. The highest BCUT2D eigenvalue weighted by molar-refractivity contribution is 5.89. The van der Waals surface area contributed by atoms with Gasteiger partial charge in [0.15, 0.2) is 0 Å². The lowest BCUT2D eigenvalue weighted by Crippen LogP contribution is -2.47. The molecule has 0 radical (unpaired) electrons. The van der Waals surface area contributed by atoms with Gasteiger partial charge in [-0.25, -0.2) is 9.59 Å². The van der Waals surface area contributed by atoms with Crippen LogP contribution in [0, 0.1) is 0 Å². The van der Waals surface area contributed by atoms with Gasteiger partial charge in [0.2, 0.25) is 11.8 Å². The second-order valence-electron chi connectivity index (χ2n) is 8.92. The summed E-state index contributed by atoms with van der Waals surface area (Å²) in [5.41, 5.74) is 0.875. The Hall–Kier alpha value is -4.02. The van der Waals surface area contributed by atoms with Crippen molar-refractivity contribution in [3.05, 3.63) is 47.7 Å². The maximum Gasteiger partial charge on any atom is 0.407 e. The van der Waals surface area contributed by atoms with E-state index in [2.05, 4.69) is 16.0 Å². The molecule has 11 nitrogen and oxygen atoms in total. The fourth-order valence-electron chi connectivity index (χ4n) is 3.25. The second kappa shape index (κ2) is 13.2. The predicted molar refractivity (Wildman–Crippen MR) is 131 cm³/mol. The van der Waals surface area contributed by atoms with E-state index in [0.29, 0.717) is 22.4 Å². The average Bonchev–Trinajstić information content (AvgIpc) is 2.81. The summed E-state index contributed by atoms with van der Waals surface area (Å²) in [5, 5.41) is 17.5. The number of methoxy groups -OCH3 is 1. The topological polar surface area (TPSA) is 152 Å². The first-order valence-electron chi connectivity index (χ1n) is 11.4. The zero-order valence-corrected chi connectivity index (χ0v) is 20.9. The molecule has 4 N–H and O–H groups in total. The van der Waals surface area contributed by atoms with E-state index in [1.54, 1.807) is 51.1 Å². The van der Waals surface area contributed by atoms with E-state index in [9.17, 15) is 24.3 Å². The molecule has 0 spiro atoms. The monoisotopic (exact) mass is 503 g/mol. The Morgan fingerprint density at radius 1 is 1.22 bits per heavy atom. The average molecular weight is 504 g/mol. The van der Waals surface area contributed by atoms with Gasteiger partial charge in [0.1, 0.15) is 24.0 Å². The molecule has 0 fully saturated rings. The summed E-state index contributed by atoms with van der Waals surface area (Å²) in [4.78, 5) is 48.4. The maximum absolute atomic E-state index is 12.3. The van der Waals surface area contributed by atoms with Crippen molar-refractivity contribution in [3.63, 3.8) is 0 Å². The summed E-state index contributed by atoms with van der Waals surface area (Å²) in [7, 11) is 1.21. The quantitative estimate of drug-likeness (QED) is 0.269. The van der Waals surface area contributed by atoms with Crippen LogP contribution in [-0.2, 0) is 30.3 Å². The minimum Gasteiger partial charge on any atom is -0.515 e. The number of nitrogens with one attached hydrogen (secondary N) is 3. The predicted octanol–water partition coefficient (Wildman–Crippen LogP) is 1.77. The third-order valence-corrected chi connectivity index (χ3v) is 4.83. The Balaban J connectivity index is 2.29. The minimum atomic E-state index is -0.989. The second-order valence-corrected chi connectivity index (χ2v) is 8.92. The Morgan fingerprint density at radius 2 is 1.97 bits per heavy atom. The first-order valence-corrected chi connectivity index (χ1v) is 11.4. The molecular weight excluding hydrogens is 470 g/mol. The zero-order chi connectivity index (χ0) is 26.7. The standard InChI is InChI=1S/C25H33N3O8/c1-25(2,3)36-24(33)26-10-11-35-20-9-8-16-12-18(20)17(15-29)6-5-7-21(30)27-14-22(31)28-19(13-16)23(32)34-4/h5-6,8-9,12,15,19,29H,7,10-11,13-14H2,1-4H3,(H,26,33)(H,27,30)(H,28,31)/b6-5+,17-15-. The number of alkyl carbamates (subject to hydrolysis) is 1.